The van der Waals surface area contributed by atoms with E-state index in [-0.39, 0.29) is 41.1 Å². The molecule has 2 aromatic carbocycles. The molecule has 0 radical (unpaired) electrons. The van der Waals surface area contributed by atoms with Gasteiger partial charge in [0.2, 0.25) is 11.8 Å². The molecule has 1 unspecified atom stereocenters. The normalized spacial score (nSPS) is 23.9. The zero-order chi connectivity index (χ0) is 30.9. The predicted molar refractivity (Wildman–Crippen MR) is 170 cm³/mol. The number of nitrogens with one attached hydrogen (secondary N) is 2. The van der Waals surface area contributed by atoms with Crippen LogP contribution in [0.3, 0.4) is 0 Å². The molecule has 2 aromatic rings. The molecule has 4 aliphatic rings. The Balaban J connectivity index is 1.20. The Morgan fingerprint density at radius 2 is 1.80 bits per heavy atom. The topological polar surface area (TPSA) is 100 Å². The van der Waals surface area contributed by atoms with Crippen LogP contribution in [0.2, 0.25) is 0 Å². The number of rotatable bonds is 10. The molecule has 6 rings (SSSR count). The Kier molecular flexibility index (Phi) is 8.70. The second-order valence-corrected chi connectivity index (χ2v) is 13.4. The van der Waals surface area contributed by atoms with Crippen molar-refractivity contribution in [1.29, 1.82) is 0 Å². The van der Waals surface area contributed by atoms with Crippen LogP contribution < -0.4 is 25.2 Å². The minimum absolute atomic E-state index is 0.0254. The maximum absolute atomic E-state index is 14.2. The lowest BCUT2D eigenvalue weighted by Crippen LogP contribution is -2.53. The average Bonchev–Trinajstić information content (AvgIpc) is 3.75. The number of hydrogen-bond donors (Lipinski definition) is 2. The van der Waals surface area contributed by atoms with E-state index >= 15 is 0 Å². The standard InChI is InChI=1S/C35H46N4O5/c1-34(2)33(42)38(18-9-19-43-3)29-21-28(14-15-30(29)44-34)39(27-12-13-27)32(41)25-20-24(22-36-23-25)31(40)37-35(16-7-8-17-35)26-10-5-4-6-11-26/h4-6,10-11,14-15,21,24-25,27,36H,7-9,12-13,16-20,22-23H2,1-3H3,(H,37,40)/t24-,25?/m0/s1. The Morgan fingerprint density at radius 3 is 2.50 bits per heavy atom. The Labute approximate surface area is 260 Å². The average molecular weight is 603 g/mol. The molecule has 9 nitrogen and oxygen atoms in total. The van der Waals surface area contributed by atoms with E-state index < -0.39 is 5.60 Å². The van der Waals surface area contributed by atoms with Crippen LogP contribution in [0.4, 0.5) is 11.4 Å². The quantitative estimate of drug-likeness (QED) is 0.388. The maximum atomic E-state index is 14.2. The van der Waals surface area contributed by atoms with Gasteiger partial charge in [-0.3, -0.25) is 14.4 Å². The highest BCUT2D eigenvalue weighted by atomic mass is 16.5. The minimum atomic E-state index is -0.978. The van der Waals surface area contributed by atoms with Crippen LogP contribution >= 0.6 is 0 Å². The third-order valence-electron chi connectivity index (χ3n) is 9.73. The molecule has 3 fully saturated rings. The molecule has 9 heteroatoms. The number of fused-ring (bicyclic) bond motifs is 1. The molecule has 1 saturated heterocycles. The van der Waals surface area contributed by atoms with E-state index in [1.807, 2.05) is 41.3 Å². The molecule has 2 aliphatic heterocycles. The van der Waals surface area contributed by atoms with E-state index in [1.54, 1.807) is 25.9 Å². The van der Waals surface area contributed by atoms with Crippen LogP contribution in [0.1, 0.15) is 70.8 Å². The van der Waals surface area contributed by atoms with Crippen molar-refractivity contribution in [3.8, 4) is 5.75 Å². The predicted octanol–water partition coefficient (Wildman–Crippen LogP) is 4.53. The van der Waals surface area contributed by atoms with Gasteiger partial charge < -0.3 is 29.9 Å². The largest absolute Gasteiger partial charge is 0.476 e. The lowest BCUT2D eigenvalue weighted by Gasteiger charge is -2.40. The number of benzene rings is 2. The number of methoxy groups -OCH3 is 1. The van der Waals surface area contributed by atoms with Gasteiger partial charge in [-0.1, -0.05) is 43.2 Å². The van der Waals surface area contributed by atoms with Crippen LogP contribution in [0.5, 0.6) is 5.75 Å². The van der Waals surface area contributed by atoms with Crippen molar-refractivity contribution in [2.24, 2.45) is 11.8 Å². The van der Waals surface area contributed by atoms with Crippen molar-refractivity contribution < 1.29 is 23.9 Å². The third kappa shape index (κ3) is 6.09. The van der Waals surface area contributed by atoms with Gasteiger partial charge in [0.15, 0.2) is 5.60 Å². The van der Waals surface area contributed by atoms with Crippen molar-refractivity contribution in [3.05, 3.63) is 54.1 Å². The first-order valence-electron chi connectivity index (χ1n) is 16.3. The van der Waals surface area contributed by atoms with Gasteiger partial charge in [-0.05, 0) is 76.1 Å². The maximum Gasteiger partial charge on any atom is 0.270 e. The summed E-state index contributed by atoms with van der Waals surface area (Å²) in [4.78, 5) is 45.0. The van der Waals surface area contributed by atoms with E-state index in [2.05, 4.69) is 22.8 Å². The van der Waals surface area contributed by atoms with Crippen molar-refractivity contribution in [1.82, 2.24) is 10.6 Å². The van der Waals surface area contributed by atoms with Gasteiger partial charge in [-0.15, -0.1) is 0 Å². The number of amides is 3. The highest BCUT2D eigenvalue weighted by Gasteiger charge is 2.44. The summed E-state index contributed by atoms with van der Waals surface area (Å²) in [6.45, 7) is 5.72. The molecule has 0 aromatic heterocycles. The van der Waals surface area contributed by atoms with Crippen LogP contribution in [0, 0.1) is 11.8 Å². The summed E-state index contributed by atoms with van der Waals surface area (Å²) in [7, 11) is 1.65. The zero-order valence-electron chi connectivity index (χ0n) is 26.3. The third-order valence-corrected chi connectivity index (χ3v) is 9.73. The van der Waals surface area contributed by atoms with Crippen molar-refractivity contribution >= 4 is 29.1 Å². The zero-order valence-corrected chi connectivity index (χ0v) is 26.3. The van der Waals surface area contributed by atoms with Gasteiger partial charge >= 0.3 is 0 Å². The molecular formula is C35H46N4O5. The number of piperidine rings is 1. The van der Waals surface area contributed by atoms with E-state index in [0.29, 0.717) is 50.5 Å². The number of anilines is 2. The van der Waals surface area contributed by atoms with Crippen LogP contribution in [-0.4, -0.2) is 62.7 Å². The fraction of sp³-hybridized carbons (Fsp3) is 0.571. The summed E-state index contributed by atoms with van der Waals surface area (Å²) in [6, 6.07) is 16.2. The Hall–Kier alpha value is -3.43. The van der Waals surface area contributed by atoms with Gasteiger partial charge in [-0.25, -0.2) is 0 Å². The summed E-state index contributed by atoms with van der Waals surface area (Å²) < 4.78 is 11.4. The fourth-order valence-electron chi connectivity index (χ4n) is 7.23. The highest BCUT2D eigenvalue weighted by Crippen LogP contribution is 2.43. The molecule has 2 heterocycles. The van der Waals surface area contributed by atoms with E-state index in [9.17, 15) is 14.4 Å². The van der Waals surface area contributed by atoms with E-state index in [0.717, 1.165) is 49.8 Å². The first kappa shape index (κ1) is 30.6. The summed E-state index contributed by atoms with van der Waals surface area (Å²) >= 11 is 0. The van der Waals surface area contributed by atoms with Crippen LogP contribution in [0.15, 0.2) is 48.5 Å². The molecule has 0 bridgehead atoms. The molecule has 2 N–H and O–H groups in total. The smallest absolute Gasteiger partial charge is 0.270 e. The van der Waals surface area contributed by atoms with Gasteiger partial charge in [-0.2, -0.15) is 0 Å². The minimum Gasteiger partial charge on any atom is -0.476 e. The molecule has 3 amide bonds. The second-order valence-electron chi connectivity index (χ2n) is 13.4. The second kappa shape index (κ2) is 12.5. The van der Waals surface area contributed by atoms with Crippen molar-refractivity contribution in [2.75, 3.05) is 43.2 Å². The van der Waals surface area contributed by atoms with Gasteiger partial charge in [0.25, 0.3) is 5.91 Å². The number of hydrogen-bond acceptors (Lipinski definition) is 6. The number of ether oxygens (including phenoxy) is 2. The monoisotopic (exact) mass is 602 g/mol. The summed E-state index contributed by atoms with van der Waals surface area (Å²) in [5.41, 5.74) is 1.31. The summed E-state index contributed by atoms with van der Waals surface area (Å²) in [6.07, 6.45) is 7.13. The Morgan fingerprint density at radius 1 is 1.07 bits per heavy atom. The molecule has 44 heavy (non-hydrogen) atoms. The molecule has 236 valence electrons. The van der Waals surface area contributed by atoms with Crippen LogP contribution in [-0.2, 0) is 24.7 Å². The fourth-order valence-corrected chi connectivity index (χ4v) is 7.23. The molecular weight excluding hydrogens is 556 g/mol. The molecule has 2 atom stereocenters. The van der Waals surface area contributed by atoms with E-state index in [4.69, 9.17) is 9.47 Å². The van der Waals surface area contributed by atoms with Gasteiger partial charge in [0.1, 0.15) is 5.75 Å². The van der Waals surface area contributed by atoms with Crippen molar-refractivity contribution in [3.63, 3.8) is 0 Å². The lowest BCUT2D eigenvalue weighted by molar-refractivity contribution is -0.132. The SMILES string of the molecule is COCCCN1C(=O)C(C)(C)Oc2ccc(N(C(=O)C3CNC[C@@H](C(=O)NC4(c5ccccc5)CCCC4)C3)C3CC3)cc21. The van der Waals surface area contributed by atoms with Gasteiger partial charge in [0.05, 0.1) is 23.1 Å². The van der Waals surface area contributed by atoms with Crippen LogP contribution in [0.25, 0.3) is 0 Å². The number of carbonyl (C=O) groups excluding carboxylic acids is 3. The van der Waals surface area contributed by atoms with Gasteiger partial charge in [0, 0.05) is 45.1 Å². The van der Waals surface area contributed by atoms with Crippen molar-refractivity contribution in [2.45, 2.75) is 82.4 Å². The molecule has 2 aliphatic carbocycles. The molecule has 0 spiro atoms. The Bertz CT molecular complexity index is 1370. The summed E-state index contributed by atoms with van der Waals surface area (Å²) in [5, 5.41) is 6.84. The first-order valence-corrected chi connectivity index (χ1v) is 16.3. The lowest BCUT2D eigenvalue weighted by atomic mass is 9.85. The van der Waals surface area contributed by atoms with E-state index in [1.165, 1.54) is 0 Å². The highest BCUT2D eigenvalue weighted by molar-refractivity contribution is 6.04. The molecule has 2 saturated carbocycles. The summed E-state index contributed by atoms with van der Waals surface area (Å²) in [5.74, 6) is -0.0180. The first-order chi connectivity index (χ1) is 21.2. The number of nitrogens with zero attached hydrogens (tertiary/aromatic N) is 2. The number of carbonyl (C=O) groups is 3.